The zero-order valence-electron chi connectivity index (χ0n) is 20.2. The number of hydrogen-bond donors (Lipinski definition) is 0. The van der Waals surface area contributed by atoms with Gasteiger partial charge in [-0.25, -0.2) is 0 Å². The Morgan fingerprint density at radius 3 is 1.03 bits per heavy atom. The van der Waals surface area contributed by atoms with Crippen LogP contribution in [-0.2, 0) is 17.1 Å². The first kappa shape index (κ1) is 26.2. The van der Waals surface area contributed by atoms with Crippen LogP contribution in [0, 0.1) is 5.16 Å². The van der Waals surface area contributed by atoms with E-state index in [2.05, 4.69) is 153 Å². The Morgan fingerprint density at radius 2 is 0.794 bits per heavy atom. The summed E-state index contributed by atoms with van der Waals surface area (Å²) in [5.74, 6) is 0. The zero-order valence-corrected chi connectivity index (χ0v) is 23.2. The largest absolute Gasteiger partial charge is 1.00 e. The SMILES string of the molecule is C/C=C/C[C-]([Si](C)(c1ccccc1)c1ccccc1)[Si](C)(c1ccccc1)c1ccccc1.[Cu+]. The topological polar surface area (TPSA) is 0 Å². The van der Waals surface area contributed by atoms with Crippen LogP contribution < -0.4 is 20.7 Å². The van der Waals surface area contributed by atoms with Crippen LogP contribution in [0.3, 0.4) is 0 Å². The molecule has 0 saturated heterocycles. The summed E-state index contributed by atoms with van der Waals surface area (Å²) in [5.41, 5.74) is 0. The summed E-state index contributed by atoms with van der Waals surface area (Å²) in [6.07, 6.45) is 5.61. The third kappa shape index (κ3) is 4.99. The van der Waals surface area contributed by atoms with Crippen LogP contribution in [-0.4, -0.2) is 16.1 Å². The quantitative estimate of drug-likeness (QED) is 0.165. The van der Waals surface area contributed by atoms with Gasteiger partial charge < -0.3 is 0 Å². The Kier molecular flexibility index (Phi) is 9.10. The fraction of sp³-hybridized carbons (Fsp3) is 0.129. The van der Waals surface area contributed by atoms with Crippen LogP contribution in [0.2, 0.25) is 13.1 Å². The van der Waals surface area contributed by atoms with Crippen molar-refractivity contribution >= 4 is 36.9 Å². The third-order valence-electron chi connectivity index (χ3n) is 7.17. The van der Waals surface area contributed by atoms with Crippen molar-refractivity contribution in [1.82, 2.24) is 0 Å². The molecule has 3 heteroatoms. The van der Waals surface area contributed by atoms with Crippen molar-refractivity contribution in [1.29, 1.82) is 0 Å². The van der Waals surface area contributed by atoms with E-state index in [9.17, 15) is 0 Å². The number of hydrogen-bond acceptors (Lipinski definition) is 0. The number of allylic oxidation sites excluding steroid dienone is 2. The van der Waals surface area contributed by atoms with Crippen molar-refractivity contribution < 1.29 is 17.1 Å². The molecule has 0 amide bonds. The summed E-state index contributed by atoms with van der Waals surface area (Å²) in [6.45, 7) is 7.30. The Bertz CT molecular complexity index is 991. The molecule has 4 rings (SSSR count). The average molecular weight is 525 g/mol. The van der Waals surface area contributed by atoms with Crippen LogP contribution in [0.1, 0.15) is 13.3 Å². The molecule has 0 aromatic heterocycles. The van der Waals surface area contributed by atoms with E-state index in [1.54, 1.807) is 5.16 Å². The van der Waals surface area contributed by atoms with E-state index in [1.807, 2.05) is 0 Å². The Morgan fingerprint density at radius 1 is 0.529 bits per heavy atom. The molecule has 0 heterocycles. The minimum atomic E-state index is -2.24. The fourth-order valence-corrected chi connectivity index (χ4v) is 17.5. The van der Waals surface area contributed by atoms with E-state index in [4.69, 9.17) is 0 Å². The molecule has 0 fully saturated rings. The first-order valence-corrected chi connectivity index (χ1v) is 16.8. The van der Waals surface area contributed by atoms with Gasteiger partial charge in [-0.05, 0) is 23.1 Å². The normalized spacial score (nSPS) is 12.0. The molecule has 0 aliphatic heterocycles. The van der Waals surface area contributed by atoms with E-state index in [1.165, 1.54) is 20.7 Å². The molecule has 0 N–H and O–H groups in total. The van der Waals surface area contributed by atoms with E-state index in [-0.39, 0.29) is 17.1 Å². The number of benzene rings is 4. The maximum atomic E-state index is 2.58. The minimum Gasteiger partial charge on any atom is -0.291 e. The second-order valence-corrected chi connectivity index (χ2v) is 17.5. The predicted octanol–water partition coefficient (Wildman–Crippen LogP) is 5.39. The average Bonchev–Trinajstić information content (AvgIpc) is 2.90. The molecule has 0 aliphatic rings. The summed E-state index contributed by atoms with van der Waals surface area (Å²) in [5, 5.41) is 7.69. The van der Waals surface area contributed by atoms with Crippen molar-refractivity contribution in [3.63, 3.8) is 0 Å². The molecule has 176 valence electrons. The molecule has 0 atom stereocenters. The maximum Gasteiger partial charge on any atom is 1.00 e. The van der Waals surface area contributed by atoms with Gasteiger partial charge in [0.1, 0.15) is 0 Å². The zero-order chi connectivity index (χ0) is 23.2. The van der Waals surface area contributed by atoms with Crippen LogP contribution >= 0.6 is 0 Å². The van der Waals surface area contributed by atoms with Crippen molar-refractivity contribution in [2.24, 2.45) is 0 Å². The van der Waals surface area contributed by atoms with Gasteiger partial charge in [0.25, 0.3) is 0 Å². The molecule has 0 aliphatic carbocycles. The van der Waals surface area contributed by atoms with E-state index >= 15 is 0 Å². The smallest absolute Gasteiger partial charge is 0.291 e. The Balaban J connectivity index is 0.00000324. The monoisotopic (exact) mass is 524 g/mol. The molecule has 0 spiro atoms. The summed E-state index contributed by atoms with van der Waals surface area (Å²) in [7, 11) is -4.48. The molecule has 4 aromatic carbocycles. The maximum absolute atomic E-state index is 2.58. The summed E-state index contributed by atoms with van der Waals surface area (Å²) in [4.78, 5) is 0. The van der Waals surface area contributed by atoms with E-state index < -0.39 is 16.1 Å². The van der Waals surface area contributed by atoms with Gasteiger partial charge in [-0.3, -0.25) is 5.16 Å². The Labute approximate surface area is 218 Å². The van der Waals surface area contributed by atoms with Crippen LogP contribution in [0.5, 0.6) is 0 Å². The van der Waals surface area contributed by atoms with Crippen molar-refractivity contribution in [3.05, 3.63) is 139 Å². The van der Waals surface area contributed by atoms with Gasteiger partial charge >= 0.3 is 17.1 Å². The van der Waals surface area contributed by atoms with Gasteiger partial charge in [-0.15, -0.1) is 6.08 Å². The van der Waals surface area contributed by atoms with E-state index in [0.29, 0.717) is 0 Å². The molecule has 0 bridgehead atoms. The summed E-state index contributed by atoms with van der Waals surface area (Å²) < 4.78 is 0. The molecular weight excluding hydrogens is 492 g/mol. The van der Waals surface area contributed by atoms with Crippen LogP contribution in [0.4, 0.5) is 0 Å². The van der Waals surface area contributed by atoms with Gasteiger partial charge in [0, 0.05) is 0 Å². The van der Waals surface area contributed by atoms with Crippen molar-refractivity contribution in [3.8, 4) is 0 Å². The summed E-state index contributed by atoms with van der Waals surface area (Å²) in [6, 6.07) is 45.1. The predicted molar refractivity (Wildman–Crippen MR) is 150 cm³/mol. The van der Waals surface area contributed by atoms with E-state index in [0.717, 1.165) is 6.42 Å². The molecule has 0 radical (unpaired) electrons. The molecule has 34 heavy (non-hydrogen) atoms. The Hall–Kier alpha value is -2.43. The first-order valence-electron chi connectivity index (χ1n) is 11.8. The van der Waals surface area contributed by atoms with Gasteiger partial charge in [-0.2, -0.15) is 6.42 Å². The molecule has 0 saturated carbocycles. The van der Waals surface area contributed by atoms with Gasteiger partial charge in [0.15, 0.2) is 0 Å². The molecular formula is C31H33CuSi2. The number of rotatable bonds is 8. The fourth-order valence-electron chi connectivity index (χ4n) is 5.26. The summed E-state index contributed by atoms with van der Waals surface area (Å²) >= 11 is 0. The van der Waals surface area contributed by atoms with Gasteiger partial charge in [-0.1, -0.05) is 161 Å². The minimum absolute atomic E-state index is 0. The van der Waals surface area contributed by atoms with Gasteiger partial charge in [0.2, 0.25) is 0 Å². The molecule has 0 unspecified atom stereocenters. The van der Waals surface area contributed by atoms with Crippen LogP contribution in [0.25, 0.3) is 0 Å². The molecule has 0 nitrogen and oxygen atoms in total. The van der Waals surface area contributed by atoms with Crippen molar-refractivity contribution in [2.75, 3.05) is 0 Å². The van der Waals surface area contributed by atoms with Crippen LogP contribution in [0.15, 0.2) is 133 Å². The third-order valence-corrected chi connectivity index (χ3v) is 18.9. The van der Waals surface area contributed by atoms with Crippen molar-refractivity contribution in [2.45, 2.75) is 26.4 Å². The standard InChI is InChI=1S/C31H33Si2.Cu/c1-4-5-26-31(32(2,27-18-10-6-11-19-27)28-20-12-7-13-21-28)33(3,29-22-14-8-15-23-29)30-24-16-9-17-25-30;/h4-25H,26H2,1-3H3;/q-1;+1/b5-4+;. The second kappa shape index (κ2) is 11.8. The second-order valence-electron chi connectivity index (χ2n) is 8.97. The van der Waals surface area contributed by atoms with Gasteiger partial charge in [0.05, 0.1) is 0 Å². The first-order chi connectivity index (χ1) is 16.1. The molecule has 4 aromatic rings.